The molecule has 1 N–H and O–H groups in total. The molecule has 3 amide bonds. The van der Waals surface area contributed by atoms with Gasteiger partial charge in [-0.2, -0.15) is 0 Å². The summed E-state index contributed by atoms with van der Waals surface area (Å²) in [5.41, 5.74) is 0. The third-order valence-corrected chi connectivity index (χ3v) is 4.53. The van der Waals surface area contributed by atoms with Gasteiger partial charge in [0.15, 0.2) is 5.13 Å². The maximum Gasteiger partial charge on any atom is 0.233 e. The summed E-state index contributed by atoms with van der Waals surface area (Å²) in [5, 5.41) is 4.93. The Morgan fingerprint density at radius 1 is 1.29 bits per heavy atom. The molecule has 0 bridgehead atoms. The highest BCUT2D eigenvalue weighted by molar-refractivity contribution is 7.13. The van der Waals surface area contributed by atoms with Gasteiger partial charge in [-0.15, -0.1) is 11.3 Å². The monoisotopic (exact) mass is 305 g/mol. The number of likely N-dealkylation sites (tertiary alicyclic amines) is 1. The van der Waals surface area contributed by atoms with Crippen LogP contribution in [0.3, 0.4) is 0 Å². The molecule has 6 nitrogen and oxygen atoms in total. The third-order valence-electron chi connectivity index (χ3n) is 3.84. The lowest BCUT2D eigenvalue weighted by Crippen LogP contribution is -2.34. The lowest BCUT2D eigenvalue weighted by molar-refractivity contribution is -0.140. The van der Waals surface area contributed by atoms with Crippen molar-refractivity contribution in [3.8, 4) is 0 Å². The van der Waals surface area contributed by atoms with Crippen molar-refractivity contribution in [2.75, 3.05) is 11.9 Å². The molecule has 1 aliphatic carbocycles. The van der Waals surface area contributed by atoms with Crippen LogP contribution in [0.5, 0.6) is 0 Å². The van der Waals surface area contributed by atoms with E-state index in [1.807, 2.05) is 12.2 Å². The predicted molar refractivity (Wildman–Crippen MR) is 77.4 cm³/mol. The fourth-order valence-electron chi connectivity index (χ4n) is 2.77. The van der Waals surface area contributed by atoms with Crippen LogP contribution in [-0.2, 0) is 14.4 Å². The van der Waals surface area contributed by atoms with Crippen molar-refractivity contribution in [3.63, 3.8) is 0 Å². The topological polar surface area (TPSA) is 79.4 Å². The molecule has 1 aromatic rings. The number of carbonyl (C=O) groups excluding carboxylic acids is 3. The van der Waals surface area contributed by atoms with Crippen molar-refractivity contribution in [3.05, 3.63) is 23.7 Å². The second-order valence-electron chi connectivity index (χ2n) is 5.12. The van der Waals surface area contributed by atoms with E-state index in [1.54, 1.807) is 11.6 Å². The van der Waals surface area contributed by atoms with Gasteiger partial charge in [-0.3, -0.25) is 19.3 Å². The predicted octanol–water partition coefficient (Wildman–Crippen LogP) is 1.42. The summed E-state index contributed by atoms with van der Waals surface area (Å²) in [7, 11) is 0. The van der Waals surface area contributed by atoms with Gasteiger partial charge < -0.3 is 5.32 Å². The Kier molecular flexibility index (Phi) is 3.83. The van der Waals surface area contributed by atoms with Gasteiger partial charge in [-0.05, 0) is 12.8 Å². The van der Waals surface area contributed by atoms with Crippen LogP contribution in [0.4, 0.5) is 5.13 Å². The van der Waals surface area contributed by atoms with E-state index in [-0.39, 0.29) is 42.5 Å². The van der Waals surface area contributed by atoms with Crippen molar-refractivity contribution >= 4 is 34.2 Å². The highest BCUT2D eigenvalue weighted by Gasteiger charge is 2.46. The fraction of sp³-hybridized carbons (Fsp3) is 0.429. The highest BCUT2D eigenvalue weighted by atomic mass is 32.1. The summed E-state index contributed by atoms with van der Waals surface area (Å²) in [4.78, 5) is 41.4. The molecule has 2 atom stereocenters. The summed E-state index contributed by atoms with van der Waals surface area (Å²) in [6, 6.07) is 0. The van der Waals surface area contributed by atoms with Gasteiger partial charge in [0, 0.05) is 24.5 Å². The quantitative estimate of drug-likeness (QED) is 0.674. The van der Waals surface area contributed by atoms with Gasteiger partial charge in [0.2, 0.25) is 17.7 Å². The Balaban J connectivity index is 1.57. The Morgan fingerprint density at radius 2 is 1.95 bits per heavy atom. The lowest BCUT2D eigenvalue weighted by Gasteiger charge is -2.14. The Morgan fingerprint density at radius 3 is 2.52 bits per heavy atom. The van der Waals surface area contributed by atoms with Gasteiger partial charge >= 0.3 is 0 Å². The number of fused-ring (bicyclic) bond motifs is 1. The normalized spacial score (nSPS) is 24.3. The van der Waals surface area contributed by atoms with E-state index in [0.29, 0.717) is 18.0 Å². The van der Waals surface area contributed by atoms with E-state index in [4.69, 9.17) is 0 Å². The third kappa shape index (κ3) is 2.73. The standard InChI is InChI=1S/C14H15N3O3S/c18-11(16-14-15-6-8-21-14)5-7-17-12(19)9-3-1-2-4-10(9)13(17)20/h1-2,6,8-10H,3-5,7H2,(H,15,16,18)/t9-,10+. The van der Waals surface area contributed by atoms with Crippen molar-refractivity contribution < 1.29 is 14.4 Å². The first-order chi connectivity index (χ1) is 10.2. The maximum absolute atomic E-state index is 12.2. The first-order valence-corrected chi connectivity index (χ1v) is 7.74. The minimum absolute atomic E-state index is 0.101. The summed E-state index contributed by atoms with van der Waals surface area (Å²) in [6.45, 7) is 0.141. The number of amides is 3. The first kappa shape index (κ1) is 13.9. The second kappa shape index (κ2) is 5.77. The van der Waals surface area contributed by atoms with Crippen LogP contribution in [0, 0.1) is 11.8 Å². The van der Waals surface area contributed by atoms with Crippen LogP contribution in [0.15, 0.2) is 23.7 Å². The maximum atomic E-state index is 12.2. The summed E-state index contributed by atoms with van der Waals surface area (Å²) < 4.78 is 0. The number of thiazole rings is 1. The van der Waals surface area contributed by atoms with Crippen LogP contribution < -0.4 is 5.32 Å². The lowest BCUT2D eigenvalue weighted by atomic mass is 9.85. The van der Waals surface area contributed by atoms with Gasteiger partial charge in [0.25, 0.3) is 0 Å². The molecule has 110 valence electrons. The SMILES string of the molecule is O=C(CCN1C(=O)[C@H]2CC=CC[C@H]2C1=O)Nc1nccs1. The summed E-state index contributed by atoms with van der Waals surface area (Å²) in [6.07, 6.45) is 6.85. The molecule has 7 heteroatoms. The molecule has 2 heterocycles. The minimum atomic E-state index is -0.237. The van der Waals surface area contributed by atoms with Gasteiger partial charge in [-0.25, -0.2) is 4.98 Å². The van der Waals surface area contributed by atoms with E-state index in [2.05, 4.69) is 10.3 Å². The molecule has 1 aromatic heterocycles. The number of carbonyl (C=O) groups is 3. The largest absolute Gasteiger partial charge is 0.302 e. The molecule has 1 saturated heterocycles. The summed E-state index contributed by atoms with van der Waals surface area (Å²) >= 11 is 1.33. The zero-order valence-corrected chi connectivity index (χ0v) is 12.1. The molecular weight excluding hydrogens is 290 g/mol. The number of nitrogens with zero attached hydrogens (tertiary/aromatic N) is 2. The molecule has 21 heavy (non-hydrogen) atoms. The van der Waals surface area contributed by atoms with Crippen LogP contribution in [-0.4, -0.2) is 34.2 Å². The van der Waals surface area contributed by atoms with Crippen LogP contribution in [0.1, 0.15) is 19.3 Å². The molecule has 0 aromatic carbocycles. The number of allylic oxidation sites excluding steroid dienone is 2. The second-order valence-corrected chi connectivity index (χ2v) is 6.01. The Hall–Kier alpha value is -2.02. The molecule has 2 aliphatic rings. The van der Waals surface area contributed by atoms with E-state index in [9.17, 15) is 14.4 Å². The molecule has 0 spiro atoms. The molecule has 0 radical (unpaired) electrons. The average molecular weight is 305 g/mol. The average Bonchev–Trinajstić information content (AvgIpc) is 3.07. The number of aromatic nitrogens is 1. The highest BCUT2D eigenvalue weighted by Crippen LogP contribution is 2.34. The van der Waals surface area contributed by atoms with Gasteiger partial charge in [-0.1, -0.05) is 12.2 Å². The van der Waals surface area contributed by atoms with E-state index >= 15 is 0 Å². The molecule has 3 rings (SSSR count). The Labute approximate surface area is 125 Å². The zero-order valence-electron chi connectivity index (χ0n) is 11.3. The number of anilines is 1. The van der Waals surface area contributed by atoms with Crippen molar-refractivity contribution in [2.24, 2.45) is 11.8 Å². The molecule has 1 fully saturated rings. The fourth-order valence-corrected chi connectivity index (χ4v) is 3.31. The minimum Gasteiger partial charge on any atom is -0.302 e. The van der Waals surface area contributed by atoms with Crippen LogP contribution in [0.2, 0.25) is 0 Å². The van der Waals surface area contributed by atoms with E-state index in [1.165, 1.54) is 16.2 Å². The summed E-state index contributed by atoms with van der Waals surface area (Å²) in [5.74, 6) is -0.986. The molecular formula is C14H15N3O3S. The van der Waals surface area contributed by atoms with Gasteiger partial charge in [0.05, 0.1) is 11.8 Å². The first-order valence-electron chi connectivity index (χ1n) is 6.86. The molecule has 0 saturated carbocycles. The number of hydrogen-bond donors (Lipinski definition) is 1. The van der Waals surface area contributed by atoms with Crippen molar-refractivity contribution in [2.45, 2.75) is 19.3 Å². The van der Waals surface area contributed by atoms with Crippen LogP contribution in [0.25, 0.3) is 0 Å². The Bertz CT molecular complexity index is 571. The van der Waals surface area contributed by atoms with Crippen LogP contribution >= 0.6 is 11.3 Å². The number of rotatable bonds is 4. The number of imide groups is 1. The molecule has 0 unspecified atom stereocenters. The number of nitrogens with one attached hydrogen (secondary N) is 1. The smallest absolute Gasteiger partial charge is 0.233 e. The molecule has 1 aliphatic heterocycles. The zero-order chi connectivity index (χ0) is 14.8. The van der Waals surface area contributed by atoms with E-state index in [0.717, 1.165) is 0 Å². The number of hydrogen-bond acceptors (Lipinski definition) is 5. The van der Waals surface area contributed by atoms with Crippen molar-refractivity contribution in [1.29, 1.82) is 0 Å². The van der Waals surface area contributed by atoms with Crippen molar-refractivity contribution in [1.82, 2.24) is 9.88 Å². The van der Waals surface area contributed by atoms with Gasteiger partial charge in [0.1, 0.15) is 0 Å². The van der Waals surface area contributed by atoms with E-state index < -0.39 is 0 Å².